The number of hydrogen-bond donors (Lipinski definition) is 0. The first-order valence-corrected chi connectivity index (χ1v) is 21.6. The molecule has 0 saturated heterocycles. The van der Waals surface area contributed by atoms with Crippen LogP contribution in [0, 0.1) is 0 Å². The Morgan fingerprint density at radius 2 is 0.873 bits per heavy atom. The highest BCUT2D eigenvalue weighted by Gasteiger charge is 2.49. The molecule has 2 aliphatic carbocycles. The Morgan fingerprint density at radius 3 is 1.59 bits per heavy atom. The van der Waals surface area contributed by atoms with Crippen LogP contribution in [-0.2, 0) is 5.41 Å². The largest absolute Gasteiger partial charge is 0.264 e. The third kappa shape index (κ3) is 5.36. The van der Waals surface area contributed by atoms with Gasteiger partial charge in [-0.2, -0.15) is 0 Å². The molecule has 0 N–H and O–H groups in total. The first-order chi connectivity index (χ1) is 31.2. The van der Waals surface area contributed by atoms with Crippen molar-refractivity contribution in [1.82, 2.24) is 15.0 Å². The van der Waals surface area contributed by atoms with Crippen molar-refractivity contribution in [2.75, 3.05) is 0 Å². The summed E-state index contributed by atoms with van der Waals surface area (Å²) in [6, 6.07) is 72.9. The van der Waals surface area contributed by atoms with Crippen LogP contribution in [0.15, 0.2) is 213 Å². The molecule has 0 fully saturated rings. The Hall–Kier alpha value is -8.27. The number of benzene rings is 9. The molecule has 1 spiro atoms. The predicted octanol–water partition coefficient (Wildman–Crippen LogP) is 14.8. The minimum atomic E-state index is -0.639. The highest BCUT2D eigenvalue weighted by Crippen LogP contribution is 2.60. The van der Waals surface area contributed by atoms with Crippen LogP contribution in [0.4, 0.5) is 0 Å². The number of hydrogen-bond acceptors (Lipinski definition) is 3. The van der Waals surface area contributed by atoms with Gasteiger partial charge in [-0.05, 0) is 118 Å². The molecule has 11 aromatic rings. The fraction of sp³-hybridized carbons (Fsp3) is 0.0167. The Morgan fingerprint density at radius 1 is 0.317 bits per heavy atom. The number of nitrogens with zero attached hydrogens (tertiary/aromatic N) is 3. The molecule has 292 valence electrons. The van der Waals surface area contributed by atoms with E-state index in [9.17, 15) is 0 Å². The van der Waals surface area contributed by atoms with Crippen LogP contribution >= 0.6 is 0 Å². The van der Waals surface area contributed by atoms with Crippen molar-refractivity contribution in [2.24, 2.45) is 0 Å². The second kappa shape index (κ2) is 13.9. The summed E-state index contributed by atoms with van der Waals surface area (Å²) in [6.07, 6.45) is 8.30. The molecule has 0 bridgehead atoms. The van der Waals surface area contributed by atoms with Gasteiger partial charge in [-0.15, -0.1) is 0 Å². The average Bonchev–Trinajstić information content (AvgIpc) is 3.56. The quantitative estimate of drug-likeness (QED) is 0.166. The second-order valence-corrected chi connectivity index (χ2v) is 16.7. The van der Waals surface area contributed by atoms with Crippen LogP contribution in [0.25, 0.3) is 101 Å². The molecule has 3 nitrogen and oxygen atoms in total. The summed E-state index contributed by atoms with van der Waals surface area (Å²) in [5.41, 5.74) is 16.3. The Kier molecular flexibility index (Phi) is 7.82. The van der Waals surface area contributed by atoms with Crippen molar-refractivity contribution in [3.63, 3.8) is 0 Å². The average molecular weight is 800 g/mol. The number of aromatic nitrogens is 3. The van der Waals surface area contributed by atoms with E-state index < -0.39 is 5.41 Å². The molecule has 2 aliphatic rings. The zero-order valence-electron chi connectivity index (χ0n) is 34.2. The lowest BCUT2D eigenvalue weighted by Crippen LogP contribution is -2.30. The Bertz CT molecular complexity index is 3670. The van der Waals surface area contributed by atoms with E-state index in [0.29, 0.717) is 5.82 Å². The van der Waals surface area contributed by atoms with Gasteiger partial charge in [0.15, 0.2) is 5.82 Å². The Labute approximate surface area is 365 Å². The molecule has 2 aromatic heterocycles. The fourth-order valence-corrected chi connectivity index (χ4v) is 10.6. The fourth-order valence-electron chi connectivity index (χ4n) is 10.6. The van der Waals surface area contributed by atoms with Crippen LogP contribution in [-0.4, -0.2) is 15.0 Å². The molecule has 0 saturated carbocycles. The highest BCUT2D eigenvalue weighted by molar-refractivity contribution is 6.26. The van der Waals surface area contributed by atoms with Gasteiger partial charge in [0.2, 0.25) is 0 Å². The van der Waals surface area contributed by atoms with Crippen molar-refractivity contribution < 1.29 is 0 Å². The monoisotopic (exact) mass is 799 g/mol. The van der Waals surface area contributed by atoms with E-state index in [1.54, 1.807) is 6.20 Å². The van der Waals surface area contributed by atoms with Gasteiger partial charge in [-0.25, -0.2) is 9.97 Å². The number of pyridine rings is 1. The summed E-state index contributed by atoms with van der Waals surface area (Å²) in [4.78, 5) is 15.1. The standard InChI is InChI=1S/C60H37N3/c1-2-14-41(15-3-1)57-36-58(42-29-24-38(25-30-42)44-16-12-32-61-37-44)63-59(62-57)43-31-28-40-27-26-39-13-4-10-22-53(39)60(55(40)33-43)54-23-11-9-21-49(54)52-34-50-47-19-7-5-17-45(47)46-18-6-8-20-48(46)51(50)35-56(52)60/h1-37H. The lowest BCUT2D eigenvalue weighted by atomic mass is 9.65. The molecule has 1 unspecified atom stereocenters. The summed E-state index contributed by atoms with van der Waals surface area (Å²) in [6.45, 7) is 0. The predicted molar refractivity (Wildman–Crippen MR) is 260 cm³/mol. The molecule has 0 amide bonds. The van der Waals surface area contributed by atoms with Crippen molar-refractivity contribution in [1.29, 1.82) is 0 Å². The first kappa shape index (κ1) is 35.5. The lowest BCUT2D eigenvalue weighted by Gasteiger charge is -2.35. The van der Waals surface area contributed by atoms with Gasteiger partial charge in [-0.3, -0.25) is 4.98 Å². The maximum atomic E-state index is 5.38. The zero-order chi connectivity index (χ0) is 41.5. The summed E-state index contributed by atoms with van der Waals surface area (Å²) in [5, 5.41) is 7.63. The van der Waals surface area contributed by atoms with E-state index >= 15 is 0 Å². The summed E-state index contributed by atoms with van der Waals surface area (Å²) in [7, 11) is 0. The lowest BCUT2D eigenvalue weighted by molar-refractivity contribution is 0.767. The maximum absolute atomic E-state index is 5.38. The van der Waals surface area contributed by atoms with Crippen LogP contribution < -0.4 is 0 Å². The van der Waals surface area contributed by atoms with Gasteiger partial charge in [0, 0.05) is 29.1 Å². The third-order valence-corrected chi connectivity index (χ3v) is 13.4. The van der Waals surface area contributed by atoms with Gasteiger partial charge in [-0.1, -0.05) is 182 Å². The van der Waals surface area contributed by atoms with E-state index in [2.05, 4.69) is 205 Å². The molecule has 1 atom stereocenters. The molecular formula is C60H37N3. The van der Waals surface area contributed by atoms with Gasteiger partial charge >= 0.3 is 0 Å². The van der Waals surface area contributed by atoms with Gasteiger partial charge < -0.3 is 0 Å². The molecule has 9 aromatic carbocycles. The van der Waals surface area contributed by atoms with Crippen LogP contribution in [0.1, 0.15) is 33.4 Å². The van der Waals surface area contributed by atoms with Crippen LogP contribution in [0.5, 0.6) is 0 Å². The second-order valence-electron chi connectivity index (χ2n) is 16.7. The number of rotatable bonds is 4. The molecular weight excluding hydrogens is 763 g/mol. The minimum Gasteiger partial charge on any atom is -0.264 e. The zero-order valence-corrected chi connectivity index (χ0v) is 34.2. The highest BCUT2D eigenvalue weighted by atomic mass is 14.9. The van der Waals surface area contributed by atoms with Crippen LogP contribution in [0.3, 0.4) is 0 Å². The van der Waals surface area contributed by atoms with Crippen molar-refractivity contribution >= 4 is 44.5 Å². The Balaban J connectivity index is 1.08. The van der Waals surface area contributed by atoms with Crippen molar-refractivity contribution in [2.45, 2.75) is 5.41 Å². The van der Waals surface area contributed by atoms with E-state index in [4.69, 9.17) is 9.97 Å². The SMILES string of the molecule is C1=Cc2ccc(-c3nc(-c4ccccc4)cc(-c4ccc(-c5cccnc5)cc4)n3)cc2C2(c3ccccc31)c1ccccc1-c1cc3c4ccccc4c4ccccc4c3cc12. The molecule has 0 radical (unpaired) electrons. The molecule has 13 rings (SSSR count). The first-order valence-electron chi connectivity index (χ1n) is 21.6. The summed E-state index contributed by atoms with van der Waals surface area (Å²) < 4.78 is 0. The van der Waals surface area contributed by atoms with Gasteiger partial charge in [0.25, 0.3) is 0 Å². The van der Waals surface area contributed by atoms with Crippen molar-refractivity contribution in [3.05, 3.63) is 246 Å². The molecule has 63 heavy (non-hydrogen) atoms. The molecule has 3 heteroatoms. The van der Waals surface area contributed by atoms with E-state index in [1.165, 1.54) is 76.8 Å². The minimum absolute atomic E-state index is 0.639. The van der Waals surface area contributed by atoms with Crippen molar-refractivity contribution in [3.8, 4) is 56.2 Å². The topological polar surface area (TPSA) is 38.7 Å². The van der Waals surface area contributed by atoms with Crippen LogP contribution in [0.2, 0.25) is 0 Å². The van der Waals surface area contributed by atoms with E-state index in [1.807, 2.05) is 18.3 Å². The van der Waals surface area contributed by atoms with Gasteiger partial charge in [0.05, 0.1) is 16.8 Å². The summed E-state index contributed by atoms with van der Waals surface area (Å²) >= 11 is 0. The van der Waals surface area contributed by atoms with E-state index in [-0.39, 0.29) is 0 Å². The normalized spacial score (nSPS) is 14.7. The van der Waals surface area contributed by atoms with Gasteiger partial charge in [0.1, 0.15) is 0 Å². The number of fused-ring (bicyclic) bond motifs is 15. The molecule has 0 aliphatic heterocycles. The smallest absolute Gasteiger partial charge is 0.160 e. The maximum Gasteiger partial charge on any atom is 0.160 e. The van der Waals surface area contributed by atoms with E-state index in [0.717, 1.165) is 39.2 Å². The summed E-state index contributed by atoms with van der Waals surface area (Å²) in [5.74, 6) is 0.685. The third-order valence-electron chi connectivity index (χ3n) is 13.4. The molecule has 2 heterocycles.